The monoisotopic (exact) mass is 199 g/mol. The molecule has 1 aromatic carbocycles. The van der Waals surface area contributed by atoms with Crippen LogP contribution in [0.25, 0.3) is 10.9 Å². The SMILES string of the molecule is N=NC=NNc1ccc2ccccc2n1. The molecule has 0 unspecified atom stereocenters. The molecule has 74 valence electrons. The lowest BCUT2D eigenvalue weighted by Crippen LogP contribution is -1.91. The number of aromatic nitrogens is 1. The number of benzene rings is 1. The number of hydrogen-bond donors (Lipinski definition) is 2. The van der Waals surface area contributed by atoms with Crippen molar-refractivity contribution in [2.45, 2.75) is 0 Å². The number of nitrogens with zero attached hydrogens (tertiary/aromatic N) is 3. The average molecular weight is 199 g/mol. The summed E-state index contributed by atoms with van der Waals surface area (Å²) in [4.78, 5) is 4.32. The van der Waals surface area contributed by atoms with Gasteiger partial charge in [-0.05, 0) is 18.2 Å². The Balaban J connectivity index is 2.30. The van der Waals surface area contributed by atoms with Crippen LogP contribution in [0.3, 0.4) is 0 Å². The van der Waals surface area contributed by atoms with Gasteiger partial charge in [-0.3, -0.25) is 5.43 Å². The van der Waals surface area contributed by atoms with Crippen LogP contribution in [-0.4, -0.2) is 11.3 Å². The molecule has 1 aromatic heterocycles. The zero-order valence-corrected chi connectivity index (χ0v) is 7.88. The first-order chi connectivity index (χ1) is 7.40. The summed E-state index contributed by atoms with van der Waals surface area (Å²) in [7, 11) is 0. The Morgan fingerprint density at radius 1 is 1.20 bits per heavy atom. The number of rotatable bonds is 3. The summed E-state index contributed by atoms with van der Waals surface area (Å²) in [6.45, 7) is 0. The van der Waals surface area contributed by atoms with E-state index in [1.807, 2.05) is 36.4 Å². The van der Waals surface area contributed by atoms with Crippen molar-refractivity contribution in [2.75, 3.05) is 5.43 Å². The first-order valence-corrected chi connectivity index (χ1v) is 4.40. The van der Waals surface area contributed by atoms with Crippen LogP contribution < -0.4 is 5.43 Å². The number of anilines is 1. The van der Waals surface area contributed by atoms with Crippen molar-refractivity contribution in [1.29, 1.82) is 5.53 Å². The van der Waals surface area contributed by atoms with E-state index in [-0.39, 0.29) is 0 Å². The minimum atomic E-state index is 0.633. The normalized spacial score (nSPS) is 10.7. The maximum absolute atomic E-state index is 6.51. The quantitative estimate of drug-likeness (QED) is 0.345. The lowest BCUT2D eigenvalue weighted by Gasteiger charge is -2.00. The molecule has 0 fully saturated rings. The largest absolute Gasteiger partial charge is 0.260 e. The zero-order chi connectivity index (χ0) is 10.5. The molecule has 15 heavy (non-hydrogen) atoms. The summed E-state index contributed by atoms with van der Waals surface area (Å²) in [5, 5.41) is 7.74. The fourth-order valence-corrected chi connectivity index (χ4v) is 1.25. The predicted octanol–water partition coefficient (Wildman–Crippen LogP) is 2.62. The number of nitrogens with one attached hydrogen (secondary N) is 2. The van der Waals surface area contributed by atoms with Gasteiger partial charge < -0.3 is 0 Å². The van der Waals surface area contributed by atoms with Crippen molar-refractivity contribution in [3.05, 3.63) is 36.4 Å². The maximum atomic E-state index is 6.51. The Labute approximate surface area is 86.3 Å². The first-order valence-electron chi connectivity index (χ1n) is 4.40. The fourth-order valence-electron chi connectivity index (χ4n) is 1.25. The van der Waals surface area contributed by atoms with Crippen LogP contribution in [0.4, 0.5) is 5.82 Å². The molecular weight excluding hydrogens is 190 g/mol. The Hall–Kier alpha value is -2.30. The molecule has 0 saturated carbocycles. The van der Waals surface area contributed by atoms with E-state index in [9.17, 15) is 0 Å². The van der Waals surface area contributed by atoms with E-state index in [0.717, 1.165) is 17.2 Å². The van der Waals surface area contributed by atoms with Gasteiger partial charge in [-0.1, -0.05) is 18.2 Å². The Morgan fingerprint density at radius 2 is 2.07 bits per heavy atom. The summed E-state index contributed by atoms with van der Waals surface area (Å²) in [5.74, 6) is 0.633. The highest BCUT2D eigenvalue weighted by Gasteiger charge is 1.95. The van der Waals surface area contributed by atoms with Crippen LogP contribution in [0, 0.1) is 5.53 Å². The van der Waals surface area contributed by atoms with Crippen LogP contribution >= 0.6 is 0 Å². The molecule has 0 saturated heterocycles. The molecule has 0 bridgehead atoms. The minimum absolute atomic E-state index is 0.633. The Bertz CT molecular complexity index is 506. The van der Waals surface area contributed by atoms with Crippen molar-refractivity contribution < 1.29 is 0 Å². The summed E-state index contributed by atoms with van der Waals surface area (Å²) in [6.07, 6.45) is 1.11. The molecule has 0 aliphatic heterocycles. The van der Waals surface area contributed by atoms with E-state index >= 15 is 0 Å². The highest BCUT2D eigenvalue weighted by molar-refractivity contribution is 5.80. The molecule has 0 aliphatic rings. The number of para-hydroxylation sites is 1. The number of hydrogen-bond acceptors (Lipinski definition) is 4. The number of pyridine rings is 1. The standard InChI is InChI=1S/C10H9N5/c11-12-7-13-15-10-6-5-8-3-1-2-4-9(8)14-10/h1-7,11H,(H,14,15). The van der Waals surface area contributed by atoms with Gasteiger partial charge in [-0.25, -0.2) is 10.5 Å². The lowest BCUT2D eigenvalue weighted by molar-refractivity contribution is 1.18. The van der Waals surface area contributed by atoms with E-state index in [4.69, 9.17) is 5.53 Å². The number of fused-ring (bicyclic) bond motifs is 1. The Kier molecular flexibility index (Phi) is 2.64. The molecule has 2 N–H and O–H groups in total. The lowest BCUT2D eigenvalue weighted by atomic mass is 10.2. The summed E-state index contributed by atoms with van der Waals surface area (Å²) in [6, 6.07) is 11.6. The minimum Gasteiger partial charge on any atom is -0.260 e. The van der Waals surface area contributed by atoms with Gasteiger partial charge in [0.15, 0.2) is 6.34 Å². The summed E-state index contributed by atoms with van der Waals surface area (Å²) < 4.78 is 0. The van der Waals surface area contributed by atoms with Crippen LogP contribution in [0.5, 0.6) is 0 Å². The van der Waals surface area contributed by atoms with E-state index in [0.29, 0.717) is 5.82 Å². The zero-order valence-electron chi connectivity index (χ0n) is 7.88. The van der Waals surface area contributed by atoms with E-state index < -0.39 is 0 Å². The highest BCUT2D eigenvalue weighted by Crippen LogP contribution is 2.14. The molecule has 5 heteroatoms. The van der Waals surface area contributed by atoms with Gasteiger partial charge in [0.05, 0.1) is 5.52 Å². The van der Waals surface area contributed by atoms with Crippen LogP contribution in [0.2, 0.25) is 0 Å². The van der Waals surface area contributed by atoms with E-state index in [1.165, 1.54) is 0 Å². The van der Waals surface area contributed by atoms with E-state index in [1.54, 1.807) is 0 Å². The van der Waals surface area contributed by atoms with Gasteiger partial charge in [0.25, 0.3) is 0 Å². The van der Waals surface area contributed by atoms with Crippen molar-refractivity contribution in [3.8, 4) is 0 Å². The van der Waals surface area contributed by atoms with Gasteiger partial charge in [-0.2, -0.15) is 5.10 Å². The molecule has 0 amide bonds. The van der Waals surface area contributed by atoms with Gasteiger partial charge in [0.1, 0.15) is 5.82 Å². The highest BCUT2D eigenvalue weighted by atomic mass is 15.3. The second-order valence-corrected chi connectivity index (χ2v) is 2.87. The third-order valence-corrected chi connectivity index (χ3v) is 1.89. The molecule has 5 nitrogen and oxygen atoms in total. The third kappa shape index (κ3) is 2.14. The molecule has 0 radical (unpaired) electrons. The van der Waals surface area contributed by atoms with Crippen molar-refractivity contribution in [2.24, 2.45) is 10.2 Å². The summed E-state index contributed by atoms with van der Waals surface area (Å²) in [5.41, 5.74) is 10.1. The topological polar surface area (TPSA) is 73.5 Å². The van der Waals surface area contributed by atoms with Crippen molar-refractivity contribution in [3.63, 3.8) is 0 Å². The molecule has 2 aromatic rings. The molecule has 0 atom stereocenters. The van der Waals surface area contributed by atoms with Crippen molar-refractivity contribution >= 4 is 23.1 Å². The second kappa shape index (κ2) is 4.28. The molecular formula is C10H9N5. The fraction of sp³-hybridized carbons (Fsp3) is 0. The van der Waals surface area contributed by atoms with Crippen LogP contribution in [-0.2, 0) is 0 Å². The third-order valence-electron chi connectivity index (χ3n) is 1.89. The predicted molar refractivity (Wildman–Crippen MR) is 59.0 cm³/mol. The average Bonchev–Trinajstić information content (AvgIpc) is 2.29. The van der Waals surface area contributed by atoms with Crippen LogP contribution in [0.1, 0.15) is 0 Å². The molecule has 1 heterocycles. The van der Waals surface area contributed by atoms with E-state index in [2.05, 4.69) is 20.6 Å². The molecule has 2 rings (SSSR count). The van der Waals surface area contributed by atoms with Gasteiger partial charge >= 0.3 is 0 Å². The maximum Gasteiger partial charge on any atom is 0.157 e. The van der Waals surface area contributed by atoms with Crippen molar-refractivity contribution in [1.82, 2.24) is 4.98 Å². The summed E-state index contributed by atoms with van der Waals surface area (Å²) >= 11 is 0. The Morgan fingerprint density at radius 3 is 2.93 bits per heavy atom. The molecule has 0 spiro atoms. The first kappa shape index (κ1) is 9.26. The van der Waals surface area contributed by atoms with Crippen LogP contribution in [0.15, 0.2) is 46.6 Å². The smallest absolute Gasteiger partial charge is 0.157 e. The van der Waals surface area contributed by atoms with Gasteiger partial charge in [-0.15, -0.1) is 5.11 Å². The van der Waals surface area contributed by atoms with Gasteiger partial charge in [0, 0.05) is 5.39 Å². The number of hydrazone groups is 1. The second-order valence-electron chi connectivity index (χ2n) is 2.87. The molecule has 0 aliphatic carbocycles. The van der Waals surface area contributed by atoms with Gasteiger partial charge in [0.2, 0.25) is 0 Å².